The molecule has 1 aliphatic rings. The van der Waals surface area contributed by atoms with Gasteiger partial charge >= 0.3 is 0 Å². The summed E-state index contributed by atoms with van der Waals surface area (Å²) in [6, 6.07) is 3.84. The summed E-state index contributed by atoms with van der Waals surface area (Å²) in [5.74, 6) is 1.54. The lowest BCUT2D eigenvalue weighted by Crippen LogP contribution is -2.02. The second kappa shape index (κ2) is 3.86. The van der Waals surface area contributed by atoms with Gasteiger partial charge in [0.15, 0.2) is 11.5 Å². The predicted octanol–water partition coefficient (Wildman–Crippen LogP) is 1.02. The van der Waals surface area contributed by atoms with Crippen LogP contribution >= 0.6 is 0 Å². The number of methoxy groups -OCH3 is 1. The minimum Gasteiger partial charge on any atom is -0.454 e. The van der Waals surface area contributed by atoms with Crippen LogP contribution in [0.5, 0.6) is 11.5 Å². The smallest absolute Gasteiger partial charge is 0.231 e. The molecule has 2 N–H and O–H groups in total. The Morgan fingerprint density at radius 2 is 1.93 bits per heavy atom. The summed E-state index contributed by atoms with van der Waals surface area (Å²) < 4.78 is 15.6. The first kappa shape index (κ1) is 9.30. The highest BCUT2D eigenvalue weighted by atomic mass is 16.7. The lowest BCUT2D eigenvalue weighted by molar-refractivity contribution is 0.173. The number of hydrogen-bond acceptors (Lipinski definition) is 4. The van der Waals surface area contributed by atoms with E-state index >= 15 is 0 Å². The van der Waals surface area contributed by atoms with E-state index in [1.165, 1.54) is 0 Å². The van der Waals surface area contributed by atoms with Crippen LogP contribution in [0.1, 0.15) is 11.1 Å². The largest absolute Gasteiger partial charge is 0.454 e. The monoisotopic (exact) mass is 195 g/mol. The molecule has 1 aromatic carbocycles. The standard InChI is InChI=1S/C10H13NO3/c1-12-5-8-3-10-9(13-6-14-10)2-7(8)4-11/h2-3H,4-6,11H2,1H3. The van der Waals surface area contributed by atoms with Gasteiger partial charge in [-0.15, -0.1) is 0 Å². The number of hydrogen-bond donors (Lipinski definition) is 1. The number of ether oxygens (including phenoxy) is 3. The van der Waals surface area contributed by atoms with Crippen LogP contribution < -0.4 is 15.2 Å². The molecule has 0 saturated heterocycles. The Hall–Kier alpha value is -1.26. The fourth-order valence-electron chi connectivity index (χ4n) is 1.51. The van der Waals surface area contributed by atoms with Crippen molar-refractivity contribution in [3.8, 4) is 11.5 Å². The highest BCUT2D eigenvalue weighted by Gasteiger charge is 2.16. The van der Waals surface area contributed by atoms with Gasteiger partial charge in [-0.3, -0.25) is 0 Å². The summed E-state index contributed by atoms with van der Waals surface area (Å²) in [6.45, 7) is 1.31. The molecule has 4 heteroatoms. The van der Waals surface area contributed by atoms with Gasteiger partial charge in [-0.2, -0.15) is 0 Å². The maximum absolute atomic E-state index is 5.62. The summed E-state index contributed by atoms with van der Waals surface area (Å²) in [7, 11) is 1.66. The highest BCUT2D eigenvalue weighted by Crippen LogP contribution is 2.34. The van der Waals surface area contributed by atoms with E-state index in [0.29, 0.717) is 13.2 Å². The van der Waals surface area contributed by atoms with E-state index in [-0.39, 0.29) is 6.79 Å². The first-order valence-electron chi connectivity index (χ1n) is 4.45. The minimum atomic E-state index is 0.287. The van der Waals surface area contributed by atoms with Crippen molar-refractivity contribution in [3.05, 3.63) is 23.3 Å². The fourth-order valence-corrected chi connectivity index (χ4v) is 1.51. The van der Waals surface area contributed by atoms with Crippen molar-refractivity contribution in [2.75, 3.05) is 13.9 Å². The molecule has 0 atom stereocenters. The lowest BCUT2D eigenvalue weighted by Gasteiger charge is -2.08. The van der Waals surface area contributed by atoms with Crippen LogP contribution in [0.3, 0.4) is 0 Å². The second-order valence-electron chi connectivity index (χ2n) is 3.11. The molecule has 0 saturated carbocycles. The molecule has 0 aliphatic carbocycles. The van der Waals surface area contributed by atoms with Crippen molar-refractivity contribution in [2.24, 2.45) is 5.73 Å². The number of fused-ring (bicyclic) bond motifs is 1. The van der Waals surface area contributed by atoms with Crippen molar-refractivity contribution in [3.63, 3.8) is 0 Å². The molecule has 0 aromatic heterocycles. The SMILES string of the molecule is COCc1cc2c(cc1CN)OCO2. The summed E-state index contributed by atoms with van der Waals surface area (Å²) in [5, 5.41) is 0. The fraction of sp³-hybridized carbons (Fsp3) is 0.400. The first-order chi connectivity index (χ1) is 6.85. The molecule has 0 spiro atoms. The Morgan fingerprint density at radius 3 is 2.50 bits per heavy atom. The van der Waals surface area contributed by atoms with Crippen LogP contribution in [0.2, 0.25) is 0 Å². The Balaban J connectivity index is 2.38. The van der Waals surface area contributed by atoms with Gasteiger partial charge in [-0.05, 0) is 23.3 Å². The lowest BCUT2D eigenvalue weighted by atomic mass is 10.1. The first-order valence-corrected chi connectivity index (χ1v) is 4.45. The molecule has 0 unspecified atom stereocenters. The summed E-state index contributed by atoms with van der Waals surface area (Å²) in [4.78, 5) is 0. The third kappa shape index (κ3) is 1.54. The molecule has 0 fully saturated rings. The van der Waals surface area contributed by atoms with E-state index in [0.717, 1.165) is 22.6 Å². The Labute approximate surface area is 82.6 Å². The highest BCUT2D eigenvalue weighted by molar-refractivity contribution is 5.48. The predicted molar refractivity (Wildman–Crippen MR) is 51.2 cm³/mol. The van der Waals surface area contributed by atoms with E-state index in [9.17, 15) is 0 Å². The summed E-state index contributed by atoms with van der Waals surface area (Å²) >= 11 is 0. The van der Waals surface area contributed by atoms with Gasteiger partial charge in [0, 0.05) is 13.7 Å². The maximum atomic E-state index is 5.62. The van der Waals surface area contributed by atoms with E-state index in [4.69, 9.17) is 19.9 Å². The molecule has 1 aromatic rings. The summed E-state index contributed by atoms with van der Waals surface area (Å²) in [6.07, 6.45) is 0. The number of rotatable bonds is 3. The molecule has 4 nitrogen and oxygen atoms in total. The van der Waals surface area contributed by atoms with Crippen molar-refractivity contribution in [2.45, 2.75) is 13.2 Å². The molecular formula is C10H13NO3. The van der Waals surface area contributed by atoms with Gasteiger partial charge < -0.3 is 19.9 Å². The number of benzene rings is 1. The molecule has 0 radical (unpaired) electrons. The number of nitrogens with two attached hydrogens (primary N) is 1. The molecule has 0 bridgehead atoms. The second-order valence-corrected chi connectivity index (χ2v) is 3.11. The van der Waals surface area contributed by atoms with Gasteiger partial charge in [0.1, 0.15) is 0 Å². The van der Waals surface area contributed by atoms with Crippen molar-refractivity contribution >= 4 is 0 Å². The van der Waals surface area contributed by atoms with Crippen LogP contribution in [0, 0.1) is 0 Å². The topological polar surface area (TPSA) is 53.7 Å². The normalized spacial score (nSPS) is 13.3. The van der Waals surface area contributed by atoms with Crippen LogP contribution in [0.4, 0.5) is 0 Å². The molecule has 1 heterocycles. The zero-order valence-electron chi connectivity index (χ0n) is 8.08. The zero-order valence-corrected chi connectivity index (χ0v) is 8.08. The molecular weight excluding hydrogens is 182 g/mol. The molecule has 2 rings (SSSR count). The maximum Gasteiger partial charge on any atom is 0.231 e. The quantitative estimate of drug-likeness (QED) is 0.782. The van der Waals surface area contributed by atoms with Gasteiger partial charge in [0.2, 0.25) is 6.79 Å². The van der Waals surface area contributed by atoms with Crippen molar-refractivity contribution in [1.29, 1.82) is 0 Å². The molecule has 1 aliphatic heterocycles. The summed E-state index contributed by atoms with van der Waals surface area (Å²) in [5.41, 5.74) is 7.72. The third-order valence-electron chi connectivity index (χ3n) is 2.21. The molecule has 14 heavy (non-hydrogen) atoms. The minimum absolute atomic E-state index is 0.287. The van der Waals surface area contributed by atoms with Crippen LogP contribution in [-0.2, 0) is 17.9 Å². The zero-order chi connectivity index (χ0) is 9.97. The Kier molecular flexibility index (Phi) is 2.56. The van der Waals surface area contributed by atoms with Crippen molar-refractivity contribution in [1.82, 2.24) is 0 Å². The Morgan fingerprint density at radius 1 is 1.29 bits per heavy atom. The van der Waals surface area contributed by atoms with E-state index in [1.807, 2.05) is 12.1 Å². The van der Waals surface area contributed by atoms with E-state index < -0.39 is 0 Å². The van der Waals surface area contributed by atoms with Gasteiger partial charge in [0.05, 0.1) is 6.61 Å². The average Bonchev–Trinajstić information content (AvgIpc) is 2.64. The van der Waals surface area contributed by atoms with E-state index in [1.54, 1.807) is 7.11 Å². The average molecular weight is 195 g/mol. The van der Waals surface area contributed by atoms with Gasteiger partial charge in [0.25, 0.3) is 0 Å². The molecule has 0 amide bonds. The van der Waals surface area contributed by atoms with Gasteiger partial charge in [-0.1, -0.05) is 0 Å². The van der Waals surface area contributed by atoms with Crippen LogP contribution in [0.25, 0.3) is 0 Å². The van der Waals surface area contributed by atoms with Crippen LogP contribution in [-0.4, -0.2) is 13.9 Å². The third-order valence-corrected chi connectivity index (χ3v) is 2.21. The Bertz CT molecular complexity index is 338. The van der Waals surface area contributed by atoms with Crippen LogP contribution in [0.15, 0.2) is 12.1 Å². The van der Waals surface area contributed by atoms with Crippen molar-refractivity contribution < 1.29 is 14.2 Å². The van der Waals surface area contributed by atoms with E-state index in [2.05, 4.69) is 0 Å². The van der Waals surface area contributed by atoms with Gasteiger partial charge in [-0.25, -0.2) is 0 Å². The molecule has 76 valence electrons.